The Hall–Kier alpha value is -0.920. The second kappa shape index (κ2) is 7.10. The van der Waals surface area contributed by atoms with Crippen LogP contribution in [0.1, 0.15) is 44.1 Å². The number of hydrogen-bond donors (Lipinski definition) is 1. The fourth-order valence-electron chi connectivity index (χ4n) is 2.75. The van der Waals surface area contributed by atoms with Gasteiger partial charge in [0.05, 0.1) is 10.6 Å². The summed E-state index contributed by atoms with van der Waals surface area (Å²) in [5.41, 5.74) is 0.593. The molecule has 5 nitrogen and oxygen atoms in total. The summed E-state index contributed by atoms with van der Waals surface area (Å²) < 4.78 is 50.0. The van der Waals surface area contributed by atoms with Gasteiger partial charge in [-0.05, 0) is 30.5 Å². The second-order valence-electron chi connectivity index (χ2n) is 6.02. The van der Waals surface area contributed by atoms with Crippen molar-refractivity contribution in [2.24, 2.45) is 0 Å². The molecular formula is C15H23NO4S2. The van der Waals surface area contributed by atoms with Crippen LogP contribution in [0, 0.1) is 0 Å². The molecule has 0 aromatic heterocycles. The van der Waals surface area contributed by atoms with Gasteiger partial charge in [-0.15, -0.1) is 0 Å². The van der Waals surface area contributed by atoms with Crippen LogP contribution in [0.5, 0.6) is 0 Å². The molecule has 1 aromatic carbocycles. The minimum Gasteiger partial charge on any atom is -0.229 e. The summed E-state index contributed by atoms with van der Waals surface area (Å²) >= 11 is 0. The van der Waals surface area contributed by atoms with Crippen LogP contribution < -0.4 is 4.72 Å². The van der Waals surface area contributed by atoms with Gasteiger partial charge in [-0.3, -0.25) is 0 Å². The topological polar surface area (TPSA) is 80.3 Å². The van der Waals surface area contributed by atoms with E-state index in [1.54, 1.807) is 12.1 Å². The van der Waals surface area contributed by atoms with Crippen LogP contribution in [0.25, 0.3) is 0 Å². The smallest absolute Gasteiger partial charge is 0.229 e. The Morgan fingerprint density at radius 1 is 0.955 bits per heavy atom. The molecule has 0 unspecified atom stereocenters. The third kappa shape index (κ3) is 5.37. The van der Waals surface area contributed by atoms with Gasteiger partial charge in [-0.25, -0.2) is 21.6 Å². The summed E-state index contributed by atoms with van der Waals surface area (Å²) in [6.45, 7) is 0. The predicted molar refractivity (Wildman–Crippen MR) is 86.8 cm³/mol. The highest BCUT2D eigenvalue weighted by Crippen LogP contribution is 2.20. The first-order valence-corrected chi connectivity index (χ1v) is 11.1. The zero-order valence-corrected chi connectivity index (χ0v) is 14.4. The first kappa shape index (κ1) is 17.4. The monoisotopic (exact) mass is 345 g/mol. The highest BCUT2D eigenvalue weighted by atomic mass is 32.2. The van der Waals surface area contributed by atoms with Crippen LogP contribution in [0.3, 0.4) is 0 Å². The van der Waals surface area contributed by atoms with E-state index in [1.165, 1.54) is 25.0 Å². The highest BCUT2D eigenvalue weighted by molar-refractivity contribution is 7.90. The molecule has 2 rings (SSSR count). The lowest BCUT2D eigenvalue weighted by Crippen LogP contribution is -2.34. The van der Waals surface area contributed by atoms with E-state index in [1.807, 2.05) is 0 Å². The fourth-order valence-corrected chi connectivity index (χ4v) is 4.86. The predicted octanol–water partition coefficient (Wildman–Crippen LogP) is 2.23. The minimum absolute atomic E-state index is 0.00296. The quantitative estimate of drug-likeness (QED) is 0.830. The molecule has 0 atom stereocenters. The molecule has 1 aliphatic rings. The van der Waals surface area contributed by atoms with E-state index in [9.17, 15) is 16.8 Å². The van der Waals surface area contributed by atoms with Gasteiger partial charge in [0.1, 0.15) is 0 Å². The zero-order chi connectivity index (χ0) is 16.2. The van der Waals surface area contributed by atoms with Gasteiger partial charge >= 0.3 is 0 Å². The number of sulfone groups is 1. The van der Waals surface area contributed by atoms with Crippen LogP contribution in [0.2, 0.25) is 0 Å². The molecule has 22 heavy (non-hydrogen) atoms. The molecular weight excluding hydrogens is 322 g/mol. The first-order valence-electron chi connectivity index (χ1n) is 7.55. The largest absolute Gasteiger partial charge is 0.240 e. The average Bonchev–Trinajstić information content (AvgIpc) is 2.65. The standard InChI is InChI=1S/C15H23NO4S2/c1-21(17,18)12-13-8-10-15(11-9-13)22(19,20)16-14-6-4-2-3-5-7-14/h8-11,14,16H,2-7,12H2,1H3. The van der Waals surface area contributed by atoms with E-state index in [2.05, 4.69) is 4.72 Å². The minimum atomic E-state index is -3.54. The molecule has 0 saturated heterocycles. The van der Waals surface area contributed by atoms with Crippen LogP contribution in [-0.2, 0) is 25.6 Å². The van der Waals surface area contributed by atoms with Crippen molar-refractivity contribution in [2.45, 2.75) is 55.2 Å². The normalized spacial score (nSPS) is 18.0. The lowest BCUT2D eigenvalue weighted by molar-refractivity contribution is 0.510. The number of hydrogen-bond acceptors (Lipinski definition) is 4. The molecule has 0 radical (unpaired) electrons. The average molecular weight is 345 g/mol. The van der Waals surface area contributed by atoms with Gasteiger partial charge < -0.3 is 0 Å². The molecule has 1 aliphatic carbocycles. The molecule has 0 amide bonds. The Bertz CT molecular complexity index is 686. The SMILES string of the molecule is CS(=O)(=O)Cc1ccc(S(=O)(=O)NC2CCCCCC2)cc1. The fraction of sp³-hybridized carbons (Fsp3) is 0.600. The second-order valence-corrected chi connectivity index (χ2v) is 9.88. The van der Waals surface area contributed by atoms with Crippen LogP contribution in [-0.4, -0.2) is 29.1 Å². The van der Waals surface area contributed by atoms with E-state index < -0.39 is 19.9 Å². The van der Waals surface area contributed by atoms with Crippen molar-refractivity contribution in [1.82, 2.24) is 4.72 Å². The first-order chi connectivity index (χ1) is 10.3. The molecule has 0 heterocycles. The molecule has 7 heteroatoms. The van der Waals surface area contributed by atoms with Crippen molar-refractivity contribution in [3.05, 3.63) is 29.8 Å². The van der Waals surface area contributed by atoms with Gasteiger partial charge in [0.2, 0.25) is 10.0 Å². The van der Waals surface area contributed by atoms with Crippen molar-refractivity contribution >= 4 is 19.9 Å². The number of benzene rings is 1. The van der Waals surface area contributed by atoms with E-state index in [0.717, 1.165) is 31.9 Å². The lowest BCUT2D eigenvalue weighted by Gasteiger charge is -2.16. The third-order valence-electron chi connectivity index (χ3n) is 3.84. The molecule has 0 bridgehead atoms. The number of rotatable bonds is 5. The van der Waals surface area contributed by atoms with Gasteiger partial charge in [-0.2, -0.15) is 0 Å². The summed E-state index contributed by atoms with van der Waals surface area (Å²) in [5.74, 6) is -0.0800. The molecule has 1 fully saturated rings. The molecule has 1 saturated carbocycles. The Morgan fingerprint density at radius 2 is 1.50 bits per heavy atom. The van der Waals surface area contributed by atoms with Crippen molar-refractivity contribution in [2.75, 3.05) is 6.26 Å². The van der Waals surface area contributed by atoms with E-state index in [-0.39, 0.29) is 16.7 Å². The zero-order valence-electron chi connectivity index (χ0n) is 12.8. The summed E-state index contributed by atoms with van der Waals surface area (Å²) in [5, 5.41) is 0. The lowest BCUT2D eigenvalue weighted by atomic mass is 10.1. The van der Waals surface area contributed by atoms with E-state index in [0.29, 0.717) is 5.56 Å². The highest BCUT2D eigenvalue weighted by Gasteiger charge is 2.21. The summed E-state index contributed by atoms with van der Waals surface area (Å²) in [7, 11) is -6.65. The Balaban J connectivity index is 2.08. The van der Waals surface area contributed by atoms with Crippen LogP contribution in [0.15, 0.2) is 29.2 Å². The van der Waals surface area contributed by atoms with Crippen molar-refractivity contribution < 1.29 is 16.8 Å². The van der Waals surface area contributed by atoms with Gasteiger partial charge in [0.25, 0.3) is 0 Å². The molecule has 0 spiro atoms. The van der Waals surface area contributed by atoms with Crippen molar-refractivity contribution in [3.63, 3.8) is 0 Å². The molecule has 1 aromatic rings. The molecule has 0 aliphatic heterocycles. The van der Waals surface area contributed by atoms with Crippen LogP contribution >= 0.6 is 0 Å². The summed E-state index contributed by atoms with van der Waals surface area (Å²) in [4.78, 5) is 0.189. The van der Waals surface area contributed by atoms with E-state index >= 15 is 0 Å². The molecule has 124 valence electrons. The van der Waals surface area contributed by atoms with Gasteiger partial charge in [0, 0.05) is 12.3 Å². The summed E-state index contributed by atoms with van der Waals surface area (Å²) in [6, 6.07) is 6.06. The third-order valence-corrected chi connectivity index (χ3v) is 6.23. The maximum atomic E-state index is 12.4. The Morgan fingerprint density at radius 3 is 2.00 bits per heavy atom. The van der Waals surface area contributed by atoms with Crippen molar-refractivity contribution in [3.8, 4) is 0 Å². The van der Waals surface area contributed by atoms with Crippen LogP contribution in [0.4, 0.5) is 0 Å². The number of sulfonamides is 1. The maximum Gasteiger partial charge on any atom is 0.240 e. The number of nitrogens with one attached hydrogen (secondary N) is 1. The Labute approximate surface area is 133 Å². The van der Waals surface area contributed by atoms with Gasteiger partial charge in [-0.1, -0.05) is 37.8 Å². The van der Waals surface area contributed by atoms with Crippen molar-refractivity contribution in [1.29, 1.82) is 0 Å². The van der Waals surface area contributed by atoms with E-state index in [4.69, 9.17) is 0 Å². The maximum absolute atomic E-state index is 12.4. The summed E-state index contributed by atoms with van der Waals surface area (Å²) in [6.07, 6.45) is 7.36. The van der Waals surface area contributed by atoms with Gasteiger partial charge in [0.15, 0.2) is 9.84 Å². The molecule has 1 N–H and O–H groups in total. The Kier molecular flexibility index (Phi) is 5.63.